The van der Waals surface area contributed by atoms with Gasteiger partial charge in [0.1, 0.15) is 12.4 Å². The number of allylic oxidation sites excluding steroid dienone is 1. The fourth-order valence-electron chi connectivity index (χ4n) is 1.30. The third-order valence-corrected chi connectivity index (χ3v) is 2.26. The summed E-state index contributed by atoms with van der Waals surface area (Å²) in [4.78, 5) is 30.0. The van der Waals surface area contributed by atoms with Crippen LogP contribution in [0.15, 0.2) is 41.2 Å². The average Bonchev–Trinajstić information content (AvgIpc) is 2.47. The van der Waals surface area contributed by atoms with Gasteiger partial charge in [0, 0.05) is 0 Å². The van der Waals surface area contributed by atoms with E-state index in [0.717, 1.165) is 12.4 Å². The van der Waals surface area contributed by atoms with E-state index in [1.54, 1.807) is 19.1 Å². The fourth-order valence-corrected chi connectivity index (χ4v) is 1.30. The highest BCUT2D eigenvalue weighted by molar-refractivity contribution is 5.89. The van der Waals surface area contributed by atoms with Gasteiger partial charge in [-0.15, -0.1) is 0 Å². The molecule has 0 heterocycles. The fraction of sp³-hybridized carbons (Fsp3) is 0.231. The van der Waals surface area contributed by atoms with Crippen molar-refractivity contribution >= 4 is 17.9 Å². The molecule has 1 aromatic carbocycles. The molecular weight excluding hydrogens is 278 g/mol. The lowest BCUT2D eigenvalue weighted by molar-refractivity contribution is -0.415. The molecule has 8 nitrogen and oxygen atoms in total. The molecule has 0 aliphatic carbocycles. The molecule has 0 aliphatic heterocycles. The van der Waals surface area contributed by atoms with E-state index in [-0.39, 0.29) is 5.70 Å². The molecule has 1 N–H and O–H groups in total. The quantitative estimate of drug-likeness (QED) is 0.356. The van der Waals surface area contributed by atoms with E-state index >= 15 is 0 Å². The number of hydroxylamine groups is 1. The van der Waals surface area contributed by atoms with Gasteiger partial charge in [-0.2, -0.15) is 0 Å². The number of benzene rings is 1. The second kappa shape index (κ2) is 8.43. The Hall–Kier alpha value is -2.74. The SMILES string of the molecule is CCOC(=O)c1ccc(N=C/C(=C/NOC)[N+](=O)[O-])cc1. The van der Waals surface area contributed by atoms with Gasteiger partial charge in [-0.25, -0.2) is 9.79 Å². The molecule has 8 heteroatoms. The van der Waals surface area contributed by atoms with Crippen LogP contribution in [0.3, 0.4) is 0 Å². The summed E-state index contributed by atoms with van der Waals surface area (Å²) in [7, 11) is 1.33. The van der Waals surface area contributed by atoms with Crippen LogP contribution in [0.5, 0.6) is 0 Å². The maximum Gasteiger partial charge on any atom is 0.338 e. The first-order chi connectivity index (χ1) is 10.1. The maximum atomic E-state index is 11.4. The third-order valence-electron chi connectivity index (χ3n) is 2.26. The Kier molecular flexibility index (Phi) is 6.55. The van der Waals surface area contributed by atoms with Crippen molar-refractivity contribution in [3.05, 3.63) is 51.8 Å². The minimum absolute atomic E-state index is 0.272. The Labute approximate surface area is 121 Å². The number of hydrogen-bond acceptors (Lipinski definition) is 7. The second-order valence-electron chi connectivity index (χ2n) is 3.67. The first-order valence-electron chi connectivity index (χ1n) is 6.02. The normalized spacial score (nSPS) is 11.4. The third kappa shape index (κ3) is 5.41. The van der Waals surface area contributed by atoms with E-state index in [9.17, 15) is 14.9 Å². The molecule has 0 radical (unpaired) electrons. The molecule has 0 unspecified atom stereocenters. The Morgan fingerprint density at radius 3 is 2.62 bits per heavy atom. The predicted octanol–water partition coefficient (Wildman–Crippen LogP) is 1.83. The van der Waals surface area contributed by atoms with E-state index in [0.29, 0.717) is 17.9 Å². The first-order valence-corrected chi connectivity index (χ1v) is 6.02. The number of nitrogens with zero attached hydrogens (tertiary/aromatic N) is 2. The zero-order chi connectivity index (χ0) is 15.7. The first kappa shape index (κ1) is 16.3. The summed E-state index contributed by atoms with van der Waals surface area (Å²) in [5.74, 6) is -0.428. The monoisotopic (exact) mass is 293 g/mol. The summed E-state index contributed by atoms with van der Waals surface area (Å²) in [6.07, 6.45) is 2.14. The Morgan fingerprint density at radius 1 is 1.43 bits per heavy atom. The van der Waals surface area contributed by atoms with Crippen molar-refractivity contribution < 1.29 is 19.3 Å². The molecule has 0 fully saturated rings. The van der Waals surface area contributed by atoms with Crippen molar-refractivity contribution in [2.24, 2.45) is 4.99 Å². The van der Waals surface area contributed by atoms with Crippen LogP contribution in [-0.2, 0) is 9.57 Å². The standard InChI is InChI=1S/C13H15N3O5/c1-3-21-13(17)10-4-6-11(7-5-10)14-8-12(16(18)19)9-15-20-2/h4-9,15H,3H2,1-2H3/b12-9-,14-8?. The van der Waals surface area contributed by atoms with Crippen LogP contribution in [0.2, 0.25) is 0 Å². The molecule has 0 spiro atoms. The number of esters is 1. The lowest BCUT2D eigenvalue weighted by atomic mass is 10.2. The minimum Gasteiger partial charge on any atom is -0.462 e. The zero-order valence-electron chi connectivity index (χ0n) is 11.6. The largest absolute Gasteiger partial charge is 0.462 e. The van der Waals surface area contributed by atoms with E-state index in [1.165, 1.54) is 19.2 Å². The number of carbonyl (C=O) groups is 1. The van der Waals surface area contributed by atoms with E-state index in [1.807, 2.05) is 0 Å². The highest BCUT2D eigenvalue weighted by Gasteiger charge is 2.07. The lowest BCUT2D eigenvalue weighted by Gasteiger charge is -2.01. The van der Waals surface area contributed by atoms with E-state index in [2.05, 4.69) is 15.3 Å². The topological polar surface area (TPSA) is 103 Å². The molecule has 0 atom stereocenters. The van der Waals surface area contributed by atoms with Gasteiger partial charge < -0.3 is 4.74 Å². The summed E-state index contributed by atoms with van der Waals surface area (Å²) in [6.45, 7) is 2.01. The summed E-state index contributed by atoms with van der Waals surface area (Å²) >= 11 is 0. The van der Waals surface area contributed by atoms with Gasteiger partial charge in [0.05, 0.1) is 29.9 Å². The van der Waals surface area contributed by atoms with Gasteiger partial charge in [0.25, 0.3) is 0 Å². The Bertz CT molecular complexity index is 551. The van der Waals surface area contributed by atoms with Crippen LogP contribution >= 0.6 is 0 Å². The van der Waals surface area contributed by atoms with Crippen LogP contribution in [0.4, 0.5) is 5.69 Å². The van der Waals surface area contributed by atoms with Crippen LogP contribution in [0.25, 0.3) is 0 Å². The molecule has 0 aromatic heterocycles. The van der Waals surface area contributed by atoms with Gasteiger partial charge in [-0.05, 0) is 31.2 Å². The summed E-state index contributed by atoms with van der Waals surface area (Å²) in [6, 6.07) is 6.19. The molecular formula is C13H15N3O5. The highest BCUT2D eigenvalue weighted by Crippen LogP contribution is 2.13. The zero-order valence-corrected chi connectivity index (χ0v) is 11.6. The Balaban J connectivity index is 2.80. The second-order valence-corrected chi connectivity index (χ2v) is 3.67. The van der Waals surface area contributed by atoms with Crippen molar-refractivity contribution in [1.29, 1.82) is 0 Å². The number of ether oxygens (including phenoxy) is 1. The average molecular weight is 293 g/mol. The van der Waals surface area contributed by atoms with Crippen molar-refractivity contribution in [2.75, 3.05) is 13.7 Å². The Morgan fingerprint density at radius 2 is 2.10 bits per heavy atom. The van der Waals surface area contributed by atoms with E-state index in [4.69, 9.17) is 4.74 Å². The summed E-state index contributed by atoms with van der Waals surface area (Å²) in [5, 5.41) is 10.7. The number of nitrogens with one attached hydrogen (secondary N) is 1. The minimum atomic E-state index is -0.609. The van der Waals surface area contributed by atoms with Crippen LogP contribution in [0.1, 0.15) is 17.3 Å². The summed E-state index contributed by atoms with van der Waals surface area (Å²) < 4.78 is 4.84. The smallest absolute Gasteiger partial charge is 0.338 e. The number of rotatable bonds is 7. The molecule has 112 valence electrons. The van der Waals surface area contributed by atoms with Crippen molar-refractivity contribution in [1.82, 2.24) is 5.48 Å². The molecule has 0 bridgehead atoms. The van der Waals surface area contributed by atoms with Crippen LogP contribution < -0.4 is 5.48 Å². The van der Waals surface area contributed by atoms with Crippen molar-refractivity contribution in [2.45, 2.75) is 6.92 Å². The van der Waals surface area contributed by atoms with Gasteiger partial charge >= 0.3 is 11.7 Å². The molecule has 1 rings (SSSR count). The number of carbonyl (C=O) groups excluding carboxylic acids is 1. The predicted molar refractivity (Wildman–Crippen MR) is 75.8 cm³/mol. The number of aliphatic imine (C=N–C) groups is 1. The van der Waals surface area contributed by atoms with Crippen molar-refractivity contribution in [3.63, 3.8) is 0 Å². The van der Waals surface area contributed by atoms with Crippen LogP contribution in [-0.4, -0.2) is 30.8 Å². The molecule has 21 heavy (non-hydrogen) atoms. The van der Waals surface area contributed by atoms with Gasteiger partial charge in [0.15, 0.2) is 0 Å². The van der Waals surface area contributed by atoms with Crippen LogP contribution in [0, 0.1) is 10.1 Å². The van der Waals surface area contributed by atoms with Gasteiger partial charge in [-0.1, -0.05) is 0 Å². The highest BCUT2D eigenvalue weighted by atomic mass is 16.6. The molecule has 1 aromatic rings. The number of nitro groups is 1. The maximum absolute atomic E-state index is 11.4. The molecule has 0 saturated heterocycles. The molecule has 0 saturated carbocycles. The molecule has 0 amide bonds. The van der Waals surface area contributed by atoms with Gasteiger partial charge in [-0.3, -0.25) is 20.4 Å². The summed E-state index contributed by atoms with van der Waals surface area (Å²) in [5.41, 5.74) is 2.83. The lowest BCUT2D eigenvalue weighted by Crippen LogP contribution is -2.08. The van der Waals surface area contributed by atoms with Gasteiger partial charge in [0.2, 0.25) is 0 Å². The molecule has 0 aliphatic rings. The number of hydrogen-bond donors (Lipinski definition) is 1. The van der Waals surface area contributed by atoms with E-state index < -0.39 is 10.9 Å². The van der Waals surface area contributed by atoms with Crippen molar-refractivity contribution in [3.8, 4) is 0 Å².